The van der Waals surface area contributed by atoms with Crippen LogP contribution in [0.2, 0.25) is 0 Å². The number of nitrogens with zero attached hydrogens (tertiary/aromatic N) is 1. The molecule has 1 aromatic rings. The first-order chi connectivity index (χ1) is 8.84. The van der Waals surface area contributed by atoms with Crippen LogP contribution in [0.25, 0.3) is 0 Å². The Morgan fingerprint density at radius 2 is 2.22 bits per heavy atom. The van der Waals surface area contributed by atoms with E-state index in [0.717, 1.165) is 25.4 Å². The number of carbonyl (C=O) groups is 1. The molecule has 1 aliphatic carbocycles. The van der Waals surface area contributed by atoms with Gasteiger partial charge < -0.3 is 9.64 Å². The standard InChI is InChI=1S/C14H18N2O2/c17-14(16-7-6-12-8-13(12)16)18-10-15-9-11-4-2-1-3-5-11/h1-5,12-13,15H,6-10H2. The van der Waals surface area contributed by atoms with Crippen molar-refractivity contribution in [2.24, 2.45) is 5.92 Å². The van der Waals surface area contributed by atoms with Gasteiger partial charge in [-0.25, -0.2) is 4.79 Å². The van der Waals surface area contributed by atoms with Crippen molar-refractivity contribution in [3.63, 3.8) is 0 Å². The van der Waals surface area contributed by atoms with Crippen LogP contribution in [0.5, 0.6) is 0 Å². The van der Waals surface area contributed by atoms with Crippen LogP contribution in [-0.2, 0) is 11.3 Å². The predicted octanol–water partition coefficient (Wildman–Crippen LogP) is 1.96. The molecule has 2 aliphatic rings. The lowest BCUT2D eigenvalue weighted by atomic mass is 10.2. The summed E-state index contributed by atoms with van der Waals surface area (Å²) >= 11 is 0. The monoisotopic (exact) mass is 246 g/mol. The van der Waals surface area contributed by atoms with Crippen molar-refractivity contribution in [3.05, 3.63) is 35.9 Å². The lowest BCUT2D eigenvalue weighted by molar-refractivity contribution is 0.0972. The first kappa shape index (κ1) is 11.5. The summed E-state index contributed by atoms with van der Waals surface area (Å²) in [5.74, 6) is 0.759. The molecule has 2 unspecified atom stereocenters. The van der Waals surface area contributed by atoms with E-state index in [0.29, 0.717) is 6.04 Å². The number of hydrogen-bond donors (Lipinski definition) is 1. The summed E-state index contributed by atoms with van der Waals surface area (Å²) < 4.78 is 5.22. The first-order valence-corrected chi connectivity index (χ1v) is 6.52. The Morgan fingerprint density at radius 1 is 1.39 bits per heavy atom. The number of ether oxygens (including phenoxy) is 1. The van der Waals surface area contributed by atoms with Crippen molar-refractivity contribution in [2.75, 3.05) is 13.3 Å². The fraction of sp³-hybridized carbons (Fsp3) is 0.500. The summed E-state index contributed by atoms with van der Waals surface area (Å²) in [7, 11) is 0. The van der Waals surface area contributed by atoms with Gasteiger partial charge in [-0.15, -0.1) is 0 Å². The van der Waals surface area contributed by atoms with Crippen molar-refractivity contribution >= 4 is 6.09 Å². The van der Waals surface area contributed by atoms with Crippen molar-refractivity contribution in [2.45, 2.75) is 25.4 Å². The highest BCUT2D eigenvalue weighted by Gasteiger charge is 2.49. The van der Waals surface area contributed by atoms with E-state index < -0.39 is 0 Å². The van der Waals surface area contributed by atoms with E-state index in [4.69, 9.17) is 4.74 Å². The van der Waals surface area contributed by atoms with Crippen LogP contribution in [0.15, 0.2) is 30.3 Å². The van der Waals surface area contributed by atoms with Gasteiger partial charge in [-0.2, -0.15) is 0 Å². The second kappa shape index (κ2) is 4.98. The molecule has 1 aliphatic heterocycles. The fourth-order valence-corrected chi connectivity index (χ4v) is 2.61. The summed E-state index contributed by atoms with van der Waals surface area (Å²) in [6, 6.07) is 10.6. The van der Waals surface area contributed by atoms with E-state index in [9.17, 15) is 4.79 Å². The number of hydrogen-bond acceptors (Lipinski definition) is 3. The van der Waals surface area contributed by atoms with Crippen molar-refractivity contribution < 1.29 is 9.53 Å². The largest absolute Gasteiger partial charge is 0.433 e. The number of fused-ring (bicyclic) bond motifs is 1. The Bertz CT molecular complexity index is 421. The lowest BCUT2D eigenvalue weighted by Crippen LogP contribution is -2.33. The summed E-state index contributed by atoms with van der Waals surface area (Å²) in [4.78, 5) is 13.6. The zero-order chi connectivity index (χ0) is 12.4. The summed E-state index contributed by atoms with van der Waals surface area (Å²) in [6.07, 6.45) is 2.16. The average Bonchev–Trinajstić information content (AvgIpc) is 3.06. The van der Waals surface area contributed by atoms with E-state index in [2.05, 4.69) is 5.32 Å². The van der Waals surface area contributed by atoms with E-state index in [1.54, 1.807) is 0 Å². The van der Waals surface area contributed by atoms with Gasteiger partial charge >= 0.3 is 6.09 Å². The third-order valence-electron chi connectivity index (χ3n) is 3.73. The molecule has 0 aromatic heterocycles. The molecule has 0 radical (unpaired) electrons. The molecular weight excluding hydrogens is 228 g/mol. The van der Waals surface area contributed by atoms with Gasteiger partial charge in [0.2, 0.25) is 0 Å². The maximum atomic E-state index is 11.8. The molecule has 1 saturated carbocycles. The van der Waals surface area contributed by atoms with Gasteiger partial charge in [0.1, 0.15) is 6.73 Å². The Hall–Kier alpha value is -1.55. The van der Waals surface area contributed by atoms with Crippen LogP contribution in [-0.4, -0.2) is 30.3 Å². The van der Waals surface area contributed by atoms with Crippen LogP contribution >= 0.6 is 0 Å². The predicted molar refractivity (Wildman–Crippen MR) is 67.8 cm³/mol. The van der Waals surface area contributed by atoms with Crippen LogP contribution in [0, 0.1) is 5.92 Å². The first-order valence-electron chi connectivity index (χ1n) is 6.52. The topological polar surface area (TPSA) is 41.6 Å². The van der Waals surface area contributed by atoms with Gasteiger partial charge in [0, 0.05) is 19.1 Å². The van der Waals surface area contributed by atoms with Gasteiger partial charge in [0.15, 0.2) is 0 Å². The molecule has 1 amide bonds. The molecule has 96 valence electrons. The Morgan fingerprint density at radius 3 is 2.89 bits per heavy atom. The van der Waals surface area contributed by atoms with Crippen molar-refractivity contribution in [1.29, 1.82) is 0 Å². The van der Waals surface area contributed by atoms with Gasteiger partial charge in [0.05, 0.1) is 0 Å². The molecular formula is C14H18N2O2. The van der Waals surface area contributed by atoms with Gasteiger partial charge in [0.25, 0.3) is 0 Å². The highest BCUT2D eigenvalue weighted by atomic mass is 16.6. The van der Waals surface area contributed by atoms with Gasteiger partial charge in [-0.3, -0.25) is 5.32 Å². The maximum Gasteiger partial charge on any atom is 0.411 e. The number of piperidine rings is 1. The molecule has 2 atom stereocenters. The molecule has 4 nitrogen and oxygen atoms in total. The molecule has 2 fully saturated rings. The Kier molecular flexibility index (Phi) is 3.19. The zero-order valence-electron chi connectivity index (χ0n) is 10.3. The molecule has 1 heterocycles. The number of likely N-dealkylation sites (tertiary alicyclic amines) is 1. The highest BCUT2D eigenvalue weighted by Crippen LogP contribution is 2.44. The van der Waals surface area contributed by atoms with Crippen LogP contribution in [0.4, 0.5) is 4.79 Å². The normalized spacial score (nSPS) is 24.8. The molecule has 4 heteroatoms. The third kappa shape index (κ3) is 2.48. The van der Waals surface area contributed by atoms with Crippen molar-refractivity contribution in [1.82, 2.24) is 10.2 Å². The zero-order valence-corrected chi connectivity index (χ0v) is 10.3. The highest BCUT2D eigenvalue weighted by molar-refractivity contribution is 5.69. The van der Waals surface area contributed by atoms with E-state index in [-0.39, 0.29) is 12.8 Å². The number of amides is 1. The second-order valence-electron chi connectivity index (χ2n) is 5.01. The minimum Gasteiger partial charge on any atom is -0.433 e. The molecule has 18 heavy (non-hydrogen) atoms. The molecule has 3 rings (SSSR count). The molecule has 0 spiro atoms. The fourth-order valence-electron chi connectivity index (χ4n) is 2.61. The average molecular weight is 246 g/mol. The number of carbonyl (C=O) groups excluding carboxylic acids is 1. The maximum absolute atomic E-state index is 11.8. The molecule has 1 N–H and O–H groups in total. The number of nitrogens with one attached hydrogen (secondary N) is 1. The third-order valence-corrected chi connectivity index (χ3v) is 3.73. The number of rotatable bonds is 4. The van der Waals surface area contributed by atoms with E-state index >= 15 is 0 Å². The lowest BCUT2D eigenvalue weighted by Gasteiger charge is -2.17. The summed E-state index contributed by atoms with van der Waals surface area (Å²) in [5, 5.41) is 3.11. The summed E-state index contributed by atoms with van der Waals surface area (Å²) in [6.45, 7) is 1.87. The quantitative estimate of drug-likeness (QED) is 0.652. The minimum atomic E-state index is -0.166. The number of benzene rings is 1. The van der Waals surface area contributed by atoms with Gasteiger partial charge in [-0.05, 0) is 24.3 Å². The SMILES string of the molecule is O=C(OCNCc1ccccc1)N1CCC2CC21. The second-order valence-corrected chi connectivity index (χ2v) is 5.01. The van der Waals surface area contributed by atoms with Gasteiger partial charge in [-0.1, -0.05) is 30.3 Å². The minimum absolute atomic E-state index is 0.166. The summed E-state index contributed by atoms with van der Waals surface area (Å²) in [5.41, 5.74) is 1.19. The van der Waals surface area contributed by atoms with Crippen LogP contribution in [0.3, 0.4) is 0 Å². The van der Waals surface area contributed by atoms with Crippen LogP contribution < -0.4 is 5.32 Å². The molecule has 0 bridgehead atoms. The van der Waals surface area contributed by atoms with E-state index in [1.165, 1.54) is 12.0 Å². The smallest absolute Gasteiger partial charge is 0.411 e. The Labute approximate surface area is 107 Å². The van der Waals surface area contributed by atoms with Crippen LogP contribution in [0.1, 0.15) is 18.4 Å². The molecule has 1 aromatic carbocycles. The van der Waals surface area contributed by atoms with E-state index in [1.807, 2.05) is 35.2 Å². The molecule has 1 saturated heterocycles. The van der Waals surface area contributed by atoms with Crippen molar-refractivity contribution in [3.8, 4) is 0 Å². The Balaban J connectivity index is 1.36.